The zero-order chi connectivity index (χ0) is 18.4. The molecule has 3 aromatic rings. The van der Waals surface area contributed by atoms with Crippen molar-refractivity contribution in [1.82, 2.24) is 4.98 Å². The van der Waals surface area contributed by atoms with Crippen molar-refractivity contribution < 1.29 is 14.6 Å². The maximum atomic E-state index is 11.5. The molecular formula is C22H24NNaO3. The van der Waals surface area contributed by atoms with Gasteiger partial charge in [0.2, 0.25) is 0 Å². The molecule has 5 heteroatoms. The van der Waals surface area contributed by atoms with E-state index >= 15 is 0 Å². The summed E-state index contributed by atoms with van der Waals surface area (Å²) in [5, 5.41) is 10.5. The number of carboxylic acids is 1. The Morgan fingerprint density at radius 2 is 1.81 bits per heavy atom. The predicted molar refractivity (Wildman–Crippen MR) is 110 cm³/mol. The van der Waals surface area contributed by atoms with Crippen LogP contribution in [0.2, 0.25) is 0 Å². The number of rotatable bonds is 8. The van der Waals surface area contributed by atoms with E-state index in [1.807, 2.05) is 60.7 Å². The average Bonchev–Trinajstić information content (AvgIpc) is 2.67. The number of hydrogen-bond donors (Lipinski definition) is 1. The number of benzene rings is 2. The number of aliphatic carboxylic acids is 1. The standard InChI is InChI=1S/C22H23NO3.Na.H/c1-2-3-7-20(22(24)25)16-10-13-19(14-11-16)26-15-18-12-9-17-6-4-5-8-21(17)23-18;;/h4-6,8-14,20H,2-3,7,15H2,1H3,(H,24,25);;. The summed E-state index contributed by atoms with van der Waals surface area (Å²) in [5.41, 5.74) is 2.63. The van der Waals surface area contributed by atoms with Crippen LogP contribution in [0.15, 0.2) is 60.7 Å². The van der Waals surface area contributed by atoms with Crippen LogP contribution in [0.25, 0.3) is 10.9 Å². The van der Waals surface area contributed by atoms with Crippen molar-refractivity contribution in [3.63, 3.8) is 0 Å². The zero-order valence-electron chi connectivity index (χ0n) is 14.9. The molecule has 0 saturated heterocycles. The van der Waals surface area contributed by atoms with E-state index in [1.165, 1.54) is 0 Å². The third-order valence-electron chi connectivity index (χ3n) is 4.47. The summed E-state index contributed by atoms with van der Waals surface area (Å²) in [6.45, 7) is 2.44. The van der Waals surface area contributed by atoms with Crippen molar-refractivity contribution >= 4 is 46.4 Å². The molecule has 0 aliphatic heterocycles. The van der Waals surface area contributed by atoms with Gasteiger partial charge >= 0.3 is 35.5 Å². The van der Waals surface area contributed by atoms with Crippen molar-refractivity contribution in [3.05, 3.63) is 71.9 Å². The van der Waals surface area contributed by atoms with Crippen molar-refractivity contribution in [2.45, 2.75) is 38.7 Å². The molecule has 0 aliphatic carbocycles. The topological polar surface area (TPSA) is 59.4 Å². The minimum absolute atomic E-state index is 0. The molecule has 0 fully saturated rings. The van der Waals surface area contributed by atoms with E-state index in [-0.39, 0.29) is 29.6 Å². The Morgan fingerprint density at radius 3 is 2.52 bits per heavy atom. The molecule has 1 aromatic heterocycles. The van der Waals surface area contributed by atoms with Gasteiger partial charge in [-0.05, 0) is 36.2 Å². The summed E-state index contributed by atoms with van der Waals surface area (Å²) in [5.74, 6) is -0.512. The maximum absolute atomic E-state index is 11.5. The van der Waals surface area contributed by atoms with E-state index in [0.717, 1.165) is 35.0 Å². The Labute approximate surface area is 181 Å². The fourth-order valence-corrected chi connectivity index (χ4v) is 2.98. The fourth-order valence-electron chi connectivity index (χ4n) is 2.98. The molecule has 2 aromatic carbocycles. The van der Waals surface area contributed by atoms with Crippen molar-refractivity contribution in [3.8, 4) is 5.75 Å². The van der Waals surface area contributed by atoms with E-state index < -0.39 is 11.9 Å². The predicted octanol–water partition coefficient (Wildman–Crippen LogP) is 4.52. The van der Waals surface area contributed by atoms with Crippen molar-refractivity contribution in [2.24, 2.45) is 0 Å². The number of unbranched alkanes of at least 4 members (excludes halogenated alkanes) is 1. The van der Waals surface area contributed by atoms with Gasteiger partial charge in [0.15, 0.2) is 0 Å². The monoisotopic (exact) mass is 373 g/mol. The summed E-state index contributed by atoms with van der Waals surface area (Å²) in [4.78, 5) is 16.1. The van der Waals surface area contributed by atoms with Crippen LogP contribution >= 0.6 is 0 Å². The van der Waals surface area contributed by atoms with Gasteiger partial charge in [0.05, 0.1) is 17.1 Å². The normalized spacial score (nSPS) is 11.6. The number of carboxylic acid groups (broad SMARTS) is 1. The van der Waals surface area contributed by atoms with Gasteiger partial charge in [-0.3, -0.25) is 4.79 Å². The molecule has 1 unspecified atom stereocenters. The fraction of sp³-hybridized carbons (Fsp3) is 0.273. The SMILES string of the molecule is CCCCC(C(=O)O)c1ccc(OCc2ccc3ccccc3n2)cc1.[NaH]. The Bertz CT molecular complexity index is 880. The molecule has 1 N–H and O–H groups in total. The van der Waals surface area contributed by atoms with Crippen LogP contribution in [0.3, 0.4) is 0 Å². The summed E-state index contributed by atoms with van der Waals surface area (Å²) in [6.07, 6.45) is 2.56. The zero-order valence-corrected chi connectivity index (χ0v) is 14.9. The summed E-state index contributed by atoms with van der Waals surface area (Å²) in [6, 6.07) is 19.3. The summed E-state index contributed by atoms with van der Waals surface area (Å²) < 4.78 is 5.81. The summed E-state index contributed by atoms with van der Waals surface area (Å²) in [7, 11) is 0. The Balaban J connectivity index is 0.00000261. The van der Waals surface area contributed by atoms with Crippen LogP contribution in [0.1, 0.15) is 43.4 Å². The quantitative estimate of drug-likeness (QED) is 0.590. The number of aromatic nitrogens is 1. The first kappa shape index (κ1) is 21.4. The molecule has 0 spiro atoms. The Morgan fingerprint density at radius 1 is 1.07 bits per heavy atom. The van der Waals surface area contributed by atoms with Gasteiger partial charge in [-0.15, -0.1) is 0 Å². The third kappa shape index (κ3) is 5.80. The second-order valence-corrected chi connectivity index (χ2v) is 6.39. The first-order valence-electron chi connectivity index (χ1n) is 8.97. The molecule has 1 heterocycles. The van der Waals surface area contributed by atoms with Gasteiger partial charge in [0.1, 0.15) is 12.4 Å². The number of fused-ring (bicyclic) bond motifs is 1. The van der Waals surface area contributed by atoms with Crippen LogP contribution in [-0.4, -0.2) is 45.6 Å². The van der Waals surface area contributed by atoms with E-state index in [1.54, 1.807) is 0 Å². The number of nitrogens with zero attached hydrogens (tertiary/aromatic N) is 1. The van der Waals surface area contributed by atoms with E-state index in [2.05, 4.69) is 11.9 Å². The number of ether oxygens (including phenoxy) is 1. The van der Waals surface area contributed by atoms with Crippen LogP contribution in [0.5, 0.6) is 5.75 Å². The first-order chi connectivity index (χ1) is 12.7. The number of para-hydroxylation sites is 1. The molecule has 4 nitrogen and oxygen atoms in total. The molecule has 0 saturated carbocycles. The van der Waals surface area contributed by atoms with E-state index in [0.29, 0.717) is 18.8 Å². The molecule has 0 aliphatic rings. The molecule has 136 valence electrons. The number of hydrogen-bond acceptors (Lipinski definition) is 3. The molecular weight excluding hydrogens is 349 g/mol. The van der Waals surface area contributed by atoms with Gasteiger partial charge in [0, 0.05) is 5.39 Å². The van der Waals surface area contributed by atoms with E-state index in [9.17, 15) is 9.90 Å². The molecule has 0 radical (unpaired) electrons. The van der Waals surface area contributed by atoms with E-state index in [4.69, 9.17) is 4.74 Å². The van der Waals surface area contributed by atoms with Gasteiger partial charge in [-0.1, -0.05) is 56.2 Å². The third-order valence-corrected chi connectivity index (χ3v) is 4.47. The van der Waals surface area contributed by atoms with Crippen molar-refractivity contribution in [2.75, 3.05) is 0 Å². The van der Waals surface area contributed by atoms with Crippen LogP contribution in [0.4, 0.5) is 0 Å². The summed E-state index contributed by atoms with van der Waals surface area (Å²) >= 11 is 0. The second kappa shape index (κ2) is 10.5. The molecule has 1 atom stereocenters. The van der Waals surface area contributed by atoms with Gasteiger partial charge in [0.25, 0.3) is 0 Å². The Hall–Kier alpha value is -1.88. The minimum atomic E-state index is -0.771. The second-order valence-electron chi connectivity index (χ2n) is 6.39. The molecule has 0 bridgehead atoms. The average molecular weight is 373 g/mol. The van der Waals surface area contributed by atoms with Gasteiger partial charge < -0.3 is 9.84 Å². The molecule has 0 amide bonds. The van der Waals surface area contributed by atoms with Gasteiger partial charge in [-0.25, -0.2) is 4.98 Å². The van der Waals surface area contributed by atoms with Crippen molar-refractivity contribution in [1.29, 1.82) is 0 Å². The molecule has 3 rings (SSSR count). The van der Waals surface area contributed by atoms with Crippen LogP contribution in [-0.2, 0) is 11.4 Å². The van der Waals surface area contributed by atoms with Crippen LogP contribution < -0.4 is 4.74 Å². The van der Waals surface area contributed by atoms with Gasteiger partial charge in [-0.2, -0.15) is 0 Å². The molecule has 27 heavy (non-hydrogen) atoms. The van der Waals surface area contributed by atoms with Crippen LogP contribution in [0, 0.1) is 0 Å². The Kier molecular flexibility index (Phi) is 8.29. The first-order valence-corrected chi connectivity index (χ1v) is 8.97. The number of pyridine rings is 1. The number of carbonyl (C=O) groups is 1.